The van der Waals surface area contributed by atoms with Gasteiger partial charge in [-0.15, -0.1) is 0 Å². The Morgan fingerprint density at radius 2 is 1.83 bits per heavy atom. The summed E-state index contributed by atoms with van der Waals surface area (Å²) in [4.78, 5) is 0. The van der Waals surface area contributed by atoms with Crippen LogP contribution in [0.1, 0.15) is 34.1 Å². The molecular weight excluding hydrogens is 222 g/mol. The zero-order chi connectivity index (χ0) is 8.43. The van der Waals surface area contributed by atoms with Crippen molar-refractivity contribution < 1.29 is 62.9 Å². The number of hydrogen-bond donors (Lipinski definition) is 0. The van der Waals surface area contributed by atoms with Crippen molar-refractivity contribution in [2.45, 2.75) is 46.3 Å². The summed E-state index contributed by atoms with van der Waals surface area (Å²) in [6.07, 6.45) is 4.27. The van der Waals surface area contributed by atoms with Gasteiger partial charge in [0.2, 0.25) is 0 Å². The SMILES string of the molecule is CCC1OC(C)[CH-][C@H](C)[C@@H]1C.[Rb+]. The molecule has 4 atom stereocenters. The van der Waals surface area contributed by atoms with Crippen LogP contribution in [0.5, 0.6) is 0 Å². The number of hydrogen-bond acceptors (Lipinski definition) is 1. The fourth-order valence-corrected chi connectivity index (χ4v) is 1.85. The van der Waals surface area contributed by atoms with E-state index in [4.69, 9.17) is 4.74 Å². The fourth-order valence-electron chi connectivity index (χ4n) is 1.85. The summed E-state index contributed by atoms with van der Waals surface area (Å²) >= 11 is 0. The average molecular weight is 241 g/mol. The zero-order valence-electron chi connectivity index (χ0n) is 9.00. The standard InChI is InChI=1S/C10H19O.Rb/c1-5-10-9(4)7(2)6-8(3)11-10;/h6-10H,5H2,1-4H3;/q-1;+1/t7-,8?,9-,10?;/m0./s1. The van der Waals surface area contributed by atoms with E-state index in [0.29, 0.717) is 24.0 Å². The molecule has 1 saturated heterocycles. The molecule has 0 radical (unpaired) electrons. The van der Waals surface area contributed by atoms with Crippen LogP contribution in [0.15, 0.2) is 0 Å². The van der Waals surface area contributed by atoms with Gasteiger partial charge in [-0.1, -0.05) is 33.8 Å². The topological polar surface area (TPSA) is 9.23 Å². The molecule has 1 aliphatic rings. The van der Waals surface area contributed by atoms with E-state index in [9.17, 15) is 0 Å². The molecule has 0 aliphatic carbocycles. The predicted molar refractivity (Wildman–Crippen MR) is 47.3 cm³/mol. The minimum absolute atomic E-state index is 0. The normalized spacial score (nSPS) is 42.0. The maximum atomic E-state index is 5.76. The second-order valence-electron chi connectivity index (χ2n) is 3.70. The van der Waals surface area contributed by atoms with E-state index in [2.05, 4.69) is 34.1 Å². The van der Waals surface area contributed by atoms with Gasteiger partial charge in [-0.05, 0) is 12.3 Å². The molecule has 0 aromatic carbocycles. The van der Waals surface area contributed by atoms with E-state index in [1.54, 1.807) is 0 Å². The van der Waals surface area contributed by atoms with Gasteiger partial charge in [0.15, 0.2) is 0 Å². The second kappa shape index (κ2) is 6.29. The summed E-state index contributed by atoms with van der Waals surface area (Å²) in [6.45, 7) is 8.89. The molecule has 0 bridgehead atoms. The molecule has 0 spiro atoms. The Morgan fingerprint density at radius 3 is 2.33 bits per heavy atom. The van der Waals surface area contributed by atoms with Crippen molar-refractivity contribution in [1.82, 2.24) is 0 Å². The Kier molecular flexibility index (Phi) is 7.21. The first-order valence-electron chi connectivity index (χ1n) is 4.65. The van der Waals surface area contributed by atoms with Crippen LogP contribution in [0.25, 0.3) is 0 Å². The Balaban J connectivity index is 0.00000121. The Bertz CT molecular complexity index is 127. The van der Waals surface area contributed by atoms with Gasteiger partial charge in [-0.25, -0.2) is 0 Å². The molecule has 66 valence electrons. The second-order valence-corrected chi connectivity index (χ2v) is 3.70. The van der Waals surface area contributed by atoms with Gasteiger partial charge in [0.05, 0.1) is 6.10 Å². The number of ether oxygens (including phenoxy) is 1. The minimum Gasteiger partial charge on any atom is -0.407 e. The van der Waals surface area contributed by atoms with Crippen LogP contribution in [-0.4, -0.2) is 12.2 Å². The van der Waals surface area contributed by atoms with Crippen molar-refractivity contribution >= 4 is 0 Å². The van der Waals surface area contributed by atoms with Crippen LogP contribution in [0.4, 0.5) is 0 Å². The smallest absolute Gasteiger partial charge is 0.407 e. The summed E-state index contributed by atoms with van der Waals surface area (Å²) < 4.78 is 5.76. The third-order valence-electron chi connectivity index (χ3n) is 2.78. The summed E-state index contributed by atoms with van der Waals surface area (Å²) in [6, 6.07) is 0. The Labute approximate surface area is 125 Å². The van der Waals surface area contributed by atoms with Crippen LogP contribution in [-0.2, 0) is 4.74 Å². The Morgan fingerprint density at radius 1 is 1.25 bits per heavy atom. The molecule has 1 rings (SSSR count). The van der Waals surface area contributed by atoms with Gasteiger partial charge in [-0.3, -0.25) is 6.42 Å². The van der Waals surface area contributed by atoms with Crippen molar-refractivity contribution in [2.24, 2.45) is 11.8 Å². The molecule has 0 aromatic rings. The fraction of sp³-hybridized carbons (Fsp3) is 0.900. The summed E-state index contributed by atoms with van der Waals surface area (Å²) in [5.41, 5.74) is 0. The van der Waals surface area contributed by atoms with Crippen molar-refractivity contribution in [3.05, 3.63) is 6.42 Å². The maximum Gasteiger partial charge on any atom is 1.00 e. The van der Waals surface area contributed by atoms with E-state index in [1.165, 1.54) is 0 Å². The third-order valence-corrected chi connectivity index (χ3v) is 2.78. The van der Waals surface area contributed by atoms with Crippen LogP contribution < -0.4 is 58.2 Å². The first-order chi connectivity index (χ1) is 5.15. The van der Waals surface area contributed by atoms with Crippen molar-refractivity contribution in [2.75, 3.05) is 0 Å². The van der Waals surface area contributed by atoms with Crippen molar-refractivity contribution in [1.29, 1.82) is 0 Å². The van der Waals surface area contributed by atoms with E-state index in [1.807, 2.05) is 0 Å². The average Bonchev–Trinajstić information content (AvgIpc) is 1.96. The van der Waals surface area contributed by atoms with Gasteiger partial charge < -0.3 is 4.74 Å². The summed E-state index contributed by atoms with van der Waals surface area (Å²) in [7, 11) is 0. The molecular formula is C10H19ORb. The largest absolute Gasteiger partial charge is 1.00 e. The zero-order valence-corrected chi connectivity index (χ0v) is 13.9. The van der Waals surface area contributed by atoms with Crippen molar-refractivity contribution in [3.8, 4) is 0 Å². The van der Waals surface area contributed by atoms with Crippen LogP contribution >= 0.6 is 0 Å². The van der Waals surface area contributed by atoms with E-state index >= 15 is 0 Å². The molecule has 0 saturated carbocycles. The molecule has 1 fully saturated rings. The number of rotatable bonds is 1. The Hall–Kier alpha value is 1.77. The quantitative estimate of drug-likeness (QED) is 0.570. The van der Waals surface area contributed by atoms with Crippen LogP contribution in [0.3, 0.4) is 0 Å². The molecule has 1 aliphatic heterocycles. The third kappa shape index (κ3) is 3.49. The van der Waals surface area contributed by atoms with Crippen LogP contribution in [0, 0.1) is 18.3 Å². The molecule has 2 unspecified atom stereocenters. The maximum absolute atomic E-state index is 5.76. The summed E-state index contributed by atoms with van der Waals surface area (Å²) in [5.74, 6) is 1.40. The first kappa shape index (κ1) is 13.8. The monoisotopic (exact) mass is 240 g/mol. The molecule has 1 heterocycles. The van der Waals surface area contributed by atoms with Gasteiger partial charge in [0.25, 0.3) is 0 Å². The molecule has 0 amide bonds. The van der Waals surface area contributed by atoms with E-state index < -0.39 is 0 Å². The van der Waals surface area contributed by atoms with Gasteiger partial charge in [0.1, 0.15) is 0 Å². The predicted octanol–water partition coefficient (Wildman–Crippen LogP) is -0.336. The van der Waals surface area contributed by atoms with Gasteiger partial charge in [-0.2, -0.15) is 5.92 Å². The molecule has 0 aromatic heterocycles. The molecule has 2 heteroatoms. The molecule has 0 N–H and O–H groups in total. The van der Waals surface area contributed by atoms with Gasteiger partial charge >= 0.3 is 58.2 Å². The van der Waals surface area contributed by atoms with Crippen LogP contribution in [0.2, 0.25) is 0 Å². The molecule has 12 heavy (non-hydrogen) atoms. The van der Waals surface area contributed by atoms with Gasteiger partial charge in [0, 0.05) is 0 Å². The minimum atomic E-state index is 0. The molecule has 1 nitrogen and oxygen atoms in total. The van der Waals surface area contributed by atoms with Crippen molar-refractivity contribution in [3.63, 3.8) is 0 Å². The first-order valence-corrected chi connectivity index (χ1v) is 4.65. The van der Waals surface area contributed by atoms with E-state index in [-0.39, 0.29) is 58.2 Å². The van der Waals surface area contributed by atoms with E-state index in [0.717, 1.165) is 6.42 Å². The summed E-state index contributed by atoms with van der Waals surface area (Å²) in [5, 5.41) is 0.